The monoisotopic (exact) mass is 386 g/mol. The Labute approximate surface area is 164 Å². The van der Waals surface area contributed by atoms with Crippen molar-refractivity contribution in [2.75, 3.05) is 13.1 Å². The van der Waals surface area contributed by atoms with E-state index in [1.165, 1.54) is 12.1 Å². The summed E-state index contributed by atoms with van der Waals surface area (Å²) in [6, 6.07) is 7.82. The minimum absolute atomic E-state index is 0.0115. The SMILES string of the molecule is CCn1ccc(C(=O)N2CCC(=O)N(Cc3ccc(F)cc3)[C@H](C(C)C)C2)n1. The predicted molar refractivity (Wildman–Crippen MR) is 104 cm³/mol. The van der Waals surface area contributed by atoms with Gasteiger partial charge in [0.1, 0.15) is 11.5 Å². The van der Waals surface area contributed by atoms with Crippen molar-refractivity contribution >= 4 is 11.8 Å². The number of carbonyl (C=O) groups is 2. The van der Waals surface area contributed by atoms with Crippen LogP contribution in [-0.4, -0.2) is 50.5 Å². The topological polar surface area (TPSA) is 58.4 Å². The Balaban J connectivity index is 1.80. The van der Waals surface area contributed by atoms with Crippen molar-refractivity contribution in [3.8, 4) is 0 Å². The maximum atomic E-state index is 13.2. The molecule has 2 amide bonds. The molecule has 0 radical (unpaired) electrons. The molecule has 6 nitrogen and oxygen atoms in total. The van der Waals surface area contributed by atoms with Gasteiger partial charge in [-0.1, -0.05) is 26.0 Å². The zero-order chi connectivity index (χ0) is 20.3. The first kappa shape index (κ1) is 20.0. The van der Waals surface area contributed by atoms with Crippen molar-refractivity contribution in [3.63, 3.8) is 0 Å². The minimum Gasteiger partial charge on any atom is -0.335 e. The number of benzene rings is 1. The van der Waals surface area contributed by atoms with Gasteiger partial charge in [0.05, 0.1) is 6.04 Å². The van der Waals surface area contributed by atoms with Gasteiger partial charge in [-0.15, -0.1) is 0 Å². The molecule has 1 atom stereocenters. The molecule has 1 saturated heterocycles. The van der Waals surface area contributed by atoms with Gasteiger partial charge in [0.25, 0.3) is 5.91 Å². The minimum atomic E-state index is -0.297. The van der Waals surface area contributed by atoms with E-state index in [0.29, 0.717) is 31.9 Å². The third-order valence-electron chi connectivity index (χ3n) is 5.23. The van der Waals surface area contributed by atoms with Gasteiger partial charge in [-0.05, 0) is 36.6 Å². The van der Waals surface area contributed by atoms with Crippen LogP contribution in [0, 0.1) is 11.7 Å². The highest BCUT2D eigenvalue weighted by atomic mass is 19.1. The average molecular weight is 386 g/mol. The van der Waals surface area contributed by atoms with Crippen LogP contribution in [0.5, 0.6) is 0 Å². The second-order valence-corrected chi connectivity index (χ2v) is 7.52. The lowest BCUT2D eigenvalue weighted by Gasteiger charge is -2.34. The van der Waals surface area contributed by atoms with Crippen LogP contribution in [-0.2, 0) is 17.9 Å². The van der Waals surface area contributed by atoms with Crippen LogP contribution in [0.4, 0.5) is 4.39 Å². The highest BCUT2D eigenvalue weighted by molar-refractivity contribution is 5.92. The van der Waals surface area contributed by atoms with Crippen LogP contribution in [0.1, 0.15) is 43.2 Å². The zero-order valence-electron chi connectivity index (χ0n) is 16.6. The third kappa shape index (κ3) is 4.40. The average Bonchev–Trinajstić information content (AvgIpc) is 3.10. The number of aryl methyl sites for hydroxylation is 1. The van der Waals surface area contributed by atoms with Gasteiger partial charge in [0, 0.05) is 38.8 Å². The highest BCUT2D eigenvalue weighted by Gasteiger charge is 2.34. The van der Waals surface area contributed by atoms with E-state index in [0.717, 1.165) is 5.56 Å². The Morgan fingerprint density at radius 1 is 1.25 bits per heavy atom. The third-order valence-corrected chi connectivity index (χ3v) is 5.23. The van der Waals surface area contributed by atoms with E-state index in [1.807, 2.05) is 11.8 Å². The van der Waals surface area contributed by atoms with Gasteiger partial charge in [0.2, 0.25) is 5.91 Å². The molecule has 1 aliphatic rings. The van der Waals surface area contributed by atoms with Gasteiger partial charge in [-0.25, -0.2) is 4.39 Å². The van der Waals surface area contributed by atoms with E-state index >= 15 is 0 Å². The number of rotatable bonds is 5. The molecule has 0 bridgehead atoms. The van der Waals surface area contributed by atoms with Crippen molar-refractivity contribution in [3.05, 3.63) is 53.6 Å². The van der Waals surface area contributed by atoms with E-state index in [1.54, 1.807) is 34.0 Å². The summed E-state index contributed by atoms with van der Waals surface area (Å²) >= 11 is 0. The largest absolute Gasteiger partial charge is 0.335 e. The van der Waals surface area contributed by atoms with Gasteiger partial charge >= 0.3 is 0 Å². The summed E-state index contributed by atoms with van der Waals surface area (Å²) < 4.78 is 14.9. The molecular formula is C21H27FN4O2. The van der Waals surface area contributed by atoms with Gasteiger partial charge in [-0.2, -0.15) is 5.10 Å². The number of aromatic nitrogens is 2. The fraction of sp³-hybridized carbons (Fsp3) is 0.476. The van der Waals surface area contributed by atoms with Crippen LogP contribution in [0.25, 0.3) is 0 Å². The van der Waals surface area contributed by atoms with E-state index in [4.69, 9.17) is 0 Å². The van der Waals surface area contributed by atoms with Gasteiger partial charge in [0.15, 0.2) is 0 Å². The molecule has 7 heteroatoms. The number of hydrogen-bond acceptors (Lipinski definition) is 3. The number of carbonyl (C=O) groups excluding carboxylic acids is 2. The second-order valence-electron chi connectivity index (χ2n) is 7.52. The molecular weight excluding hydrogens is 359 g/mol. The fourth-order valence-corrected chi connectivity index (χ4v) is 3.54. The molecule has 0 aliphatic carbocycles. The Morgan fingerprint density at radius 2 is 1.96 bits per heavy atom. The first-order chi connectivity index (χ1) is 13.4. The van der Waals surface area contributed by atoms with E-state index in [2.05, 4.69) is 18.9 Å². The van der Waals surface area contributed by atoms with Crippen molar-refractivity contribution < 1.29 is 14.0 Å². The van der Waals surface area contributed by atoms with Gasteiger partial charge in [-0.3, -0.25) is 14.3 Å². The summed E-state index contributed by atoms with van der Waals surface area (Å²) in [6.45, 7) is 8.02. The molecule has 1 fully saturated rings. The van der Waals surface area contributed by atoms with Crippen molar-refractivity contribution in [2.45, 2.75) is 46.3 Å². The van der Waals surface area contributed by atoms with Crippen LogP contribution in [0.2, 0.25) is 0 Å². The van der Waals surface area contributed by atoms with Crippen LogP contribution < -0.4 is 0 Å². The lowest BCUT2D eigenvalue weighted by molar-refractivity contribution is -0.134. The van der Waals surface area contributed by atoms with Gasteiger partial charge < -0.3 is 9.80 Å². The second kappa shape index (κ2) is 8.54. The first-order valence-corrected chi connectivity index (χ1v) is 9.75. The van der Waals surface area contributed by atoms with E-state index < -0.39 is 0 Å². The lowest BCUT2D eigenvalue weighted by atomic mass is 10.0. The Hall–Kier alpha value is -2.70. The summed E-state index contributed by atoms with van der Waals surface area (Å²) in [5.74, 6) is -0.257. The summed E-state index contributed by atoms with van der Waals surface area (Å²) in [5, 5.41) is 4.31. The molecule has 1 aliphatic heterocycles. The standard InChI is InChI=1S/C21H27FN4O2/c1-4-25-12-9-18(23-25)21(28)24-11-10-20(27)26(19(14-24)15(2)3)13-16-5-7-17(22)8-6-16/h5-9,12,15,19H,4,10-11,13-14H2,1-3H3/t19-/m0/s1. The smallest absolute Gasteiger partial charge is 0.274 e. The van der Waals surface area contributed by atoms with Crippen LogP contribution in [0.15, 0.2) is 36.5 Å². The normalized spacial score (nSPS) is 17.9. The number of hydrogen-bond donors (Lipinski definition) is 0. The zero-order valence-corrected chi connectivity index (χ0v) is 16.6. The molecule has 0 N–H and O–H groups in total. The molecule has 0 unspecified atom stereocenters. The van der Waals surface area contributed by atoms with Crippen LogP contribution in [0.3, 0.4) is 0 Å². The Kier molecular flexibility index (Phi) is 6.11. The fourth-order valence-electron chi connectivity index (χ4n) is 3.54. The molecule has 2 heterocycles. The highest BCUT2D eigenvalue weighted by Crippen LogP contribution is 2.22. The Bertz CT molecular complexity index is 831. The quantitative estimate of drug-likeness (QED) is 0.794. The summed E-state index contributed by atoms with van der Waals surface area (Å²) in [5.41, 5.74) is 1.28. The van der Waals surface area contributed by atoms with Crippen molar-refractivity contribution in [1.82, 2.24) is 19.6 Å². The summed E-state index contributed by atoms with van der Waals surface area (Å²) in [7, 11) is 0. The van der Waals surface area contributed by atoms with E-state index in [-0.39, 0.29) is 36.0 Å². The lowest BCUT2D eigenvalue weighted by Crippen LogP contribution is -2.47. The van der Waals surface area contributed by atoms with E-state index in [9.17, 15) is 14.0 Å². The molecule has 0 saturated carbocycles. The van der Waals surface area contributed by atoms with Crippen molar-refractivity contribution in [1.29, 1.82) is 0 Å². The molecule has 28 heavy (non-hydrogen) atoms. The first-order valence-electron chi connectivity index (χ1n) is 9.75. The molecule has 3 rings (SSSR count). The predicted octanol–water partition coefficient (Wildman–Crippen LogP) is 2.94. The Morgan fingerprint density at radius 3 is 2.57 bits per heavy atom. The molecule has 0 spiro atoms. The summed E-state index contributed by atoms with van der Waals surface area (Å²) in [4.78, 5) is 29.3. The van der Waals surface area contributed by atoms with Crippen molar-refractivity contribution in [2.24, 2.45) is 5.92 Å². The molecule has 1 aromatic carbocycles. The maximum Gasteiger partial charge on any atom is 0.274 e. The number of amides is 2. The summed E-state index contributed by atoms with van der Waals surface area (Å²) in [6.07, 6.45) is 2.06. The molecule has 2 aromatic rings. The number of nitrogens with zero attached hydrogens (tertiary/aromatic N) is 4. The molecule has 1 aromatic heterocycles. The maximum absolute atomic E-state index is 13.2. The molecule has 150 valence electrons. The number of halogens is 1. The van der Waals surface area contributed by atoms with Crippen LogP contribution >= 0.6 is 0 Å².